The average molecular weight is 562 g/mol. The van der Waals surface area contributed by atoms with E-state index < -0.39 is 15.9 Å². The Labute approximate surface area is 223 Å². The molecule has 1 aliphatic heterocycles. The number of hydrogen-bond acceptors (Lipinski definition) is 6. The topological polar surface area (TPSA) is 80.5 Å². The van der Waals surface area contributed by atoms with Crippen molar-refractivity contribution in [1.82, 2.24) is 9.88 Å². The molecule has 186 valence electrons. The molecule has 6 nitrogen and oxygen atoms in total. The van der Waals surface area contributed by atoms with Gasteiger partial charge in [-0.3, -0.25) is 4.79 Å². The van der Waals surface area contributed by atoms with Gasteiger partial charge in [-0.25, -0.2) is 13.4 Å². The summed E-state index contributed by atoms with van der Waals surface area (Å²) >= 11 is 13.9. The van der Waals surface area contributed by atoms with Gasteiger partial charge in [-0.2, -0.15) is 0 Å². The summed E-state index contributed by atoms with van der Waals surface area (Å²) in [7, 11) is -3.23. The molecule has 0 N–H and O–H groups in total. The maximum absolute atomic E-state index is 13.9. The predicted molar refractivity (Wildman–Crippen MR) is 143 cm³/mol. The molecule has 0 saturated carbocycles. The highest BCUT2D eigenvalue weighted by atomic mass is 35.5. The van der Waals surface area contributed by atoms with Crippen LogP contribution in [0.2, 0.25) is 10.0 Å². The normalized spacial score (nSPS) is 16.8. The van der Waals surface area contributed by atoms with E-state index in [4.69, 9.17) is 27.6 Å². The number of thiazole rings is 1. The summed E-state index contributed by atoms with van der Waals surface area (Å²) in [5.74, 6) is 0.658. The fourth-order valence-electron chi connectivity index (χ4n) is 4.34. The van der Waals surface area contributed by atoms with Gasteiger partial charge in [-0.1, -0.05) is 53.5 Å². The Bertz CT molecular complexity index is 1530. The highest BCUT2D eigenvalue weighted by molar-refractivity contribution is 7.91. The highest BCUT2D eigenvalue weighted by Crippen LogP contribution is 2.35. The van der Waals surface area contributed by atoms with E-state index in [-0.39, 0.29) is 24.0 Å². The third-order valence-electron chi connectivity index (χ3n) is 6.06. The molecule has 1 saturated heterocycles. The second-order valence-electron chi connectivity index (χ2n) is 8.66. The number of aromatic nitrogens is 1. The quantitative estimate of drug-likeness (QED) is 0.268. The zero-order chi connectivity index (χ0) is 25.4. The van der Waals surface area contributed by atoms with Crippen molar-refractivity contribution in [2.75, 3.05) is 11.5 Å². The van der Waals surface area contributed by atoms with Crippen molar-refractivity contribution in [3.8, 4) is 21.8 Å². The fourth-order valence-corrected chi connectivity index (χ4v) is 7.37. The Hall–Kier alpha value is -2.65. The minimum absolute atomic E-state index is 0.0462. The number of sulfone groups is 1. The van der Waals surface area contributed by atoms with Crippen LogP contribution in [-0.4, -0.2) is 41.8 Å². The average Bonchev–Trinajstić information content (AvgIpc) is 3.57. The van der Waals surface area contributed by atoms with Crippen molar-refractivity contribution in [1.29, 1.82) is 0 Å². The van der Waals surface area contributed by atoms with Crippen molar-refractivity contribution < 1.29 is 17.6 Å². The van der Waals surface area contributed by atoms with Crippen LogP contribution in [0.25, 0.3) is 21.8 Å². The van der Waals surface area contributed by atoms with E-state index in [0.717, 1.165) is 15.4 Å². The number of aryl methyl sites for hydroxylation is 1. The summed E-state index contributed by atoms with van der Waals surface area (Å²) in [4.78, 5) is 20.8. The first-order valence-electron chi connectivity index (χ1n) is 11.3. The van der Waals surface area contributed by atoms with Gasteiger partial charge < -0.3 is 9.32 Å². The number of carbonyl (C=O) groups excluding carboxylic acids is 1. The molecule has 4 aromatic rings. The Balaban J connectivity index is 1.50. The van der Waals surface area contributed by atoms with Gasteiger partial charge in [-0.05, 0) is 49.2 Å². The molecule has 1 amide bonds. The largest absolute Gasteiger partial charge is 0.459 e. The van der Waals surface area contributed by atoms with Crippen LogP contribution in [0, 0.1) is 6.92 Å². The maximum atomic E-state index is 13.9. The number of carbonyl (C=O) groups is 1. The van der Waals surface area contributed by atoms with Crippen LogP contribution in [0.3, 0.4) is 0 Å². The minimum Gasteiger partial charge on any atom is -0.459 e. The van der Waals surface area contributed by atoms with E-state index in [2.05, 4.69) is 4.98 Å². The molecule has 0 bridgehead atoms. The molecule has 5 rings (SSSR count). The molecule has 0 aliphatic carbocycles. The summed E-state index contributed by atoms with van der Waals surface area (Å²) in [5.41, 5.74) is 1.84. The van der Waals surface area contributed by atoms with Crippen LogP contribution < -0.4 is 0 Å². The van der Waals surface area contributed by atoms with Gasteiger partial charge in [0.1, 0.15) is 17.2 Å². The Kier molecular flexibility index (Phi) is 6.96. The zero-order valence-corrected chi connectivity index (χ0v) is 22.4. The number of rotatable bonds is 6. The standard InChI is InChI=1S/C26H22Cl2N2O4S2/c1-16-29-24(25(35-16)17-5-3-2-4-6-17)26(31)30(19-11-12-36(32,33)15-19)14-20-8-10-23(34-20)21-13-18(27)7-9-22(21)28/h2-10,13,19H,11-12,14-15H2,1H3. The van der Waals surface area contributed by atoms with Gasteiger partial charge in [0, 0.05) is 16.6 Å². The van der Waals surface area contributed by atoms with Crippen LogP contribution in [0.15, 0.2) is 65.1 Å². The number of furan rings is 1. The van der Waals surface area contributed by atoms with Gasteiger partial charge in [0.25, 0.3) is 5.91 Å². The second kappa shape index (κ2) is 10.0. The Morgan fingerprint density at radius 1 is 1.14 bits per heavy atom. The van der Waals surface area contributed by atoms with Crippen LogP contribution in [-0.2, 0) is 16.4 Å². The molecular formula is C26H22Cl2N2O4S2. The van der Waals surface area contributed by atoms with Gasteiger partial charge in [-0.15, -0.1) is 11.3 Å². The van der Waals surface area contributed by atoms with E-state index in [1.807, 2.05) is 37.3 Å². The molecule has 1 aliphatic rings. The second-order valence-corrected chi connectivity index (χ2v) is 12.9. The molecule has 10 heteroatoms. The fraction of sp³-hybridized carbons (Fsp3) is 0.231. The lowest BCUT2D eigenvalue weighted by atomic mass is 10.1. The molecule has 2 aromatic carbocycles. The number of halogens is 2. The molecule has 1 unspecified atom stereocenters. The van der Waals surface area contributed by atoms with Gasteiger partial charge in [0.2, 0.25) is 0 Å². The predicted octanol–water partition coefficient (Wildman–Crippen LogP) is 6.51. The van der Waals surface area contributed by atoms with Crippen molar-refractivity contribution in [2.45, 2.75) is 25.9 Å². The van der Waals surface area contributed by atoms with Crippen molar-refractivity contribution >= 4 is 50.3 Å². The maximum Gasteiger partial charge on any atom is 0.274 e. The first-order chi connectivity index (χ1) is 17.2. The molecule has 2 aromatic heterocycles. The van der Waals surface area contributed by atoms with Gasteiger partial charge in [0.05, 0.1) is 33.0 Å². The first-order valence-corrected chi connectivity index (χ1v) is 14.7. The summed E-state index contributed by atoms with van der Waals surface area (Å²) < 4.78 is 30.7. The lowest BCUT2D eigenvalue weighted by molar-refractivity contribution is 0.0662. The van der Waals surface area contributed by atoms with Crippen molar-refractivity contribution in [3.05, 3.63) is 87.2 Å². The molecule has 1 atom stereocenters. The SMILES string of the molecule is Cc1nc(C(=O)N(Cc2ccc(-c3cc(Cl)ccc3Cl)o2)C2CCS(=O)(=O)C2)c(-c2ccccc2)s1. The lowest BCUT2D eigenvalue weighted by Crippen LogP contribution is -2.41. The summed E-state index contributed by atoms with van der Waals surface area (Å²) in [6.45, 7) is 1.95. The molecule has 0 radical (unpaired) electrons. The smallest absolute Gasteiger partial charge is 0.274 e. The van der Waals surface area contributed by atoms with Crippen molar-refractivity contribution in [2.24, 2.45) is 0 Å². The monoisotopic (exact) mass is 560 g/mol. The van der Waals surface area contributed by atoms with E-state index >= 15 is 0 Å². The summed E-state index contributed by atoms with van der Waals surface area (Å²) in [5, 5.41) is 1.76. The summed E-state index contributed by atoms with van der Waals surface area (Å²) in [6.07, 6.45) is 0.367. The van der Waals surface area contributed by atoms with Crippen LogP contribution >= 0.6 is 34.5 Å². The Morgan fingerprint density at radius 3 is 2.64 bits per heavy atom. The molecule has 0 spiro atoms. The zero-order valence-electron chi connectivity index (χ0n) is 19.3. The summed E-state index contributed by atoms with van der Waals surface area (Å²) in [6, 6.07) is 17.7. The van der Waals surface area contributed by atoms with E-state index in [9.17, 15) is 13.2 Å². The van der Waals surface area contributed by atoms with E-state index in [1.165, 1.54) is 11.3 Å². The molecular weight excluding hydrogens is 539 g/mol. The number of amides is 1. The van der Waals surface area contributed by atoms with Crippen LogP contribution in [0.4, 0.5) is 0 Å². The van der Waals surface area contributed by atoms with Gasteiger partial charge >= 0.3 is 0 Å². The third-order valence-corrected chi connectivity index (χ3v) is 9.40. The molecule has 1 fully saturated rings. The van der Waals surface area contributed by atoms with Gasteiger partial charge in [0.15, 0.2) is 9.84 Å². The first kappa shape index (κ1) is 25.0. The van der Waals surface area contributed by atoms with Crippen molar-refractivity contribution in [3.63, 3.8) is 0 Å². The number of hydrogen-bond donors (Lipinski definition) is 0. The van der Waals surface area contributed by atoms with E-state index in [0.29, 0.717) is 39.2 Å². The number of nitrogens with zero attached hydrogens (tertiary/aromatic N) is 2. The molecule has 36 heavy (non-hydrogen) atoms. The van der Waals surface area contributed by atoms with Crippen LogP contribution in [0.1, 0.15) is 27.7 Å². The highest BCUT2D eigenvalue weighted by Gasteiger charge is 2.37. The third kappa shape index (κ3) is 5.22. The Morgan fingerprint density at radius 2 is 1.92 bits per heavy atom. The molecule has 3 heterocycles. The lowest BCUT2D eigenvalue weighted by Gasteiger charge is -2.27. The van der Waals surface area contributed by atoms with E-state index in [1.54, 1.807) is 35.2 Å². The van der Waals surface area contributed by atoms with Crippen LogP contribution in [0.5, 0.6) is 0 Å². The number of benzene rings is 2. The minimum atomic E-state index is -3.23.